The Bertz CT molecular complexity index is 878. The average molecular weight is 383 g/mol. The lowest BCUT2D eigenvalue weighted by atomic mass is 10.1. The average Bonchev–Trinajstić information content (AvgIpc) is 2.69. The molecule has 0 unspecified atom stereocenters. The second-order valence-electron chi connectivity index (χ2n) is 6.20. The Morgan fingerprint density at radius 1 is 1.00 bits per heavy atom. The molecule has 28 heavy (non-hydrogen) atoms. The second-order valence-corrected chi connectivity index (χ2v) is 6.20. The van der Waals surface area contributed by atoms with E-state index in [0.717, 1.165) is 22.4 Å². The number of anilines is 1. The summed E-state index contributed by atoms with van der Waals surface area (Å²) in [5.74, 6) is 0.625. The fourth-order valence-corrected chi connectivity index (χ4v) is 2.49. The Morgan fingerprint density at radius 2 is 1.71 bits per heavy atom. The lowest BCUT2D eigenvalue weighted by molar-refractivity contribution is -0.124. The minimum atomic E-state index is -0.340. The number of rotatable bonds is 8. The third kappa shape index (κ3) is 5.84. The number of aryl methyl sites for hydroxylation is 1. The van der Waals surface area contributed by atoms with Gasteiger partial charge < -0.3 is 14.8 Å². The van der Waals surface area contributed by atoms with E-state index in [0.29, 0.717) is 11.5 Å². The number of hydrogen-bond acceptors (Lipinski definition) is 5. The number of carbonyl (C=O) groups is 2. The number of nitrogens with zero attached hydrogens (tertiary/aromatic N) is 1. The third-order valence-corrected chi connectivity index (χ3v) is 4.27. The van der Waals surface area contributed by atoms with E-state index in [4.69, 9.17) is 9.47 Å². The van der Waals surface area contributed by atoms with Crippen molar-refractivity contribution in [1.29, 1.82) is 0 Å². The van der Waals surface area contributed by atoms with Crippen molar-refractivity contribution in [2.24, 2.45) is 5.10 Å². The molecule has 2 N–H and O–H groups in total. The molecule has 0 atom stereocenters. The van der Waals surface area contributed by atoms with Crippen molar-refractivity contribution in [2.45, 2.75) is 26.7 Å². The van der Waals surface area contributed by atoms with Crippen LogP contribution in [-0.2, 0) is 9.59 Å². The van der Waals surface area contributed by atoms with Crippen LogP contribution in [0.15, 0.2) is 41.5 Å². The summed E-state index contributed by atoms with van der Waals surface area (Å²) in [5.41, 5.74) is 6.03. The molecule has 0 bridgehead atoms. The lowest BCUT2D eigenvalue weighted by Crippen LogP contribution is -2.21. The summed E-state index contributed by atoms with van der Waals surface area (Å²) >= 11 is 0. The van der Waals surface area contributed by atoms with Gasteiger partial charge in [0, 0.05) is 18.5 Å². The fraction of sp³-hybridized carbons (Fsp3) is 0.286. The summed E-state index contributed by atoms with van der Waals surface area (Å²) in [5, 5.41) is 6.74. The third-order valence-electron chi connectivity index (χ3n) is 4.27. The number of carbonyl (C=O) groups excluding carboxylic acids is 2. The van der Waals surface area contributed by atoms with Crippen molar-refractivity contribution in [3.63, 3.8) is 0 Å². The van der Waals surface area contributed by atoms with Crippen LogP contribution in [0.4, 0.5) is 5.69 Å². The molecule has 2 amide bonds. The summed E-state index contributed by atoms with van der Waals surface area (Å²) in [6.45, 7) is 3.93. The van der Waals surface area contributed by atoms with Gasteiger partial charge in [0.05, 0.1) is 20.4 Å². The molecule has 2 aromatic rings. The minimum absolute atomic E-state index is 0.0416. The van der Waals surface area contributed by atoms with Gasteiger partial charge in [0.15, 0.2) is 11.5 Å². The number of amides is 2. The van der Waals surface area contributed by atoms with Gasteiger partial charge in [-0.25, -0.2) is 5.43 Å². The molecule has 0 aliphatic carbocycles. The van der Waals surface area contributed by atoms with E-state index in [9.17, 15) is 9.59 Å². The lowest BCUT2D eigenvalue weighted by Gasteiger charge is -2.10. The Balaban J connectivity index is 1.81. The molecule has 0 heterocycles. The predicted octanol–water partition coefficient (Wildman–Crippen LogP) is 3.19. The maximum atomic E-state index is 12.1. The zero-order chi connectivity index (χ0) is 20.5. The SMILES string of the molecule is COc1ccc(/C=N/NC(=O)CCC(=O)Nc2cccc(C)c2C)cc1OC. The first-order chi connectivity index (χ1) is 13.4. The molecule has 0 radical (unpaired) electrons. The van der Waals surface area contributed by atoms with Crippen LogP contribution in [0.2, 0.25) is 0 Å². The van der Waals surface area contributed by atoms with Crippen LogP contribution in [0.25, 0.3) is 0 Å². The number of methoxy groups -OCH3 is 2. The summed E-state index contributed by atoms with van der Waals surface area (Å²) in [6.07, 6.45) is 1.61. The summed E-state index contributed by atoms with van der Waals surface area (Å²) in [6, 6.07) is 11.0. The van der Waals surface area contributed by atoms with E-state index >= 15 is 0 Å². The van der Waals surface area contributed by atoms with Crippen molar-refractivity contribution in [1.82, 2.24) is 5.43 Å². The van der Waals surface area contributed by atoms with Gasteiger partial charge in [-0.2, -0.15) is 5.10 Å². The van der Waals surface area contributed by atoms with Crippen molar-refractivity contribution in [3.8, 4) is 11.5 Å². The Kier molecular flexibility index (Phi) is 7.56. The maximum absolute atomic E-state index is 12.1. The number of ether oxygens (including phenoxy) is 2. The molecule has 0 fully saturated rings. The van der Waals surface area contributed by atoms with Crippen LogP contribution in [0.5, 0.6) is 11.5 Å². The van der Waals surface area contributed by atoms with E-state index in [1.807, 2.05) is 32.0 Å². The molecular formula is C21H25N3O4. The van der Waals surface area contributed by atoms with Gasteiger partial charge in [-0.3, -0.25) is 9.59 Å². The number of nitrogens with one attached hydrogen (secondary N) is 2. The minimum Gasteiger partial charge on any atom is -0.493 e. The highest BCUT2D eigenvalue weighted by Crippen LogP contribution is 2.26. The van der Waals surface area contributed by atoms with Gasteiger partial charge in [0.1, 0.15) is 0 Å². The summed E-state index contributed by atoms with van der Waals surface area (Å²) in [7, 11) is 3.10. The number of hydrazone groups is 1. The summed E-state index contributed by atoms with van der Waals surface area (Å²) in [4.78, 5) is 23.9. The second kappa shape index (κ2) is 10.1. The normalized spacial score (nSPS) is 10.6. The highest BCUT2D eigenvalue weighted by atomic mass is 16.5. The molecule has 0 aliphatic rings. The van der Waals surface area contributed by atoms with Gasteiger partial charge in [-0.15, -0.1) is 0 Å². The van der Waals surface area contributed by atoms with Crippen LogP contribution in [0.1, 0.15) is 29.5 Å². The topological polar surface area (TPSA) is 89.0 Å². The molecule has 7 heteroatoms. The highest BCUT2D eigenvalue weighted by Gasteiger charge is 2.09. The van der Waals surface area contributed by atoms with Gasteiger partial charge in [0.25, 0.3) is 0 Å². The molecule has 2 aromatic carbocycles. The van der Waals surface area contributed by atoms with Crippen LogP contribution in [0.3, 0.4) is 0 Å². The first-order valence-electron chi connectivity index (χ1n) is 8.84. The van der Waals surface area contributed by atoms with E-state index < -0.39 is 0 Å². The fourth-order valence-electron chi connectivity index (χ4n) is 2.49. The van der Waals surface area contributed by atoms with E-state index in [1.54, 1.807) is 32.4 Å². The quantitative estimate of drug-likeness (QED) is 0.541. The summed E-state index contributed by atoms with van der Waals surface area (Å²) < 4.78 is 10.4. The van der Waals surface area contributed by atoms with Crippen molar-refractivity contribution in [3.05, 3.63) is 53.1 Å². The van der Waals surface area contributed by atoms with E-state index in [1.165, 1.54) is 6.21 Å². The zero-order valence-electron chi connectivity index (χ0n) is 16.5. The largest absolute Gasteiger partial charge is 0.493 e. The van der Waals surface area contributed by atoms with Crippen LogP contribution in [0, 0.1) is 13.8 Å². The van der Waals surface area contributed by atoms with E-state index in [2.05, 4.69) is 15.8 Å². The van der Waals surface area contributed by atoms with E-state index in [-0.39, 0.29) is 24.7 Å². The van der Waals surface area contributed by atoms with Crippen molar-refractivity contribution >= 4 is 23.7 Å². The molecule has 0 spiro atoms. The predicted molar refractivity (Wildman–Crippen MR) is 109 cm³/mol. The standard InChI is InChI=1S/C21H25N3O4/c1-14-6-5-7-17(15(14)2)23-20(25)10-11-21(26)24-22-13-16-8-9-18(27-3)19(12-16)28-4/h5-9,12-13H,10-11H2,1-4H3,(H,23,25)(H,24,26)/b22-13+. The van der Waals surface area contributed by atoms with Gasteiger partial charge in [-0.05, 0) is 54.8 Å². The monoisotopic (exact) mass is 383 g/mol. The van der Waals surface area contributed by atoms with Crippen molar-refractivity contribution in [2.75, 3.05) is 19.5 Å². The molecule has 0 saturated heterocycles. The molecule has 0 aromatic heterocycles. The number of hydrogen-bond donors (Lipinski definition) is 2. The van der Waals surface area contributed by atoms with Crippen molar-refractivity contribution < 1.29 is 19.1 Å². The van der Waals surface area contributed by atoms with Gasteiger partial charge in [-0.1, -0.05) is 12.1 Å². The molecule has 2 rings (SSSR count). The Hall–Kier alpha value is -3.35. The first-order valence-corrected chi connectivity index (χ1v) is 8.84. The Labute approximate surface area is 164 Å². The van der Waals surface area contributed by atoms with Crippen LogP contribution < -0.4 is 20.2 Å². The molecule has 0 saturated carbocycles. The molecule has 0 aliphatic heterocycles. The molecular weight excluding hydrogens is 358 g/mol. The van der Waals surface area contributed by atoms with Gasteiger partial charge >= 0.3 is 0 Å². The smallest absolute Gasteiger partial charge is 0.240 e. The number of benzene rings is 2. The first kappa shape index (κ1) is 21.0. The highest BCUT2D eigenvalue weighted by molar-refractivity contribution is 5.94. The Morgan fingerprint density at radius 3 is 2.43 bits per heavy atom. The van der Waals surface area contributed by atoms with Crippen LogP contribution in [-0.4, -0.2) is 32.2 Å². The van der Waals surface area contributed by atoms with Crippen LogP contribution >= 0.6 is 0 Å². The maximum Gasteiger partial charge on any atom is 0.240 e. The molecule has 7 nitrogen and oxygen atoms in total. The molecule has 148 valence electrons. The zero-order valence-corrected chi connectivity index (χ0v) is 16.5. The van der Waals surface area contributed by atoms with Gasteiger partial charge in [0.2, 0.25) is 11.8 Å².